The summed E-state index contributed by atoms with van der Waals surface area (Å²) in [4.78, 5) is 10.8. The molecule has 0 atom stereocenters. The smallest absolute Gasteiger partial charge is 0.150 e. The molecule has 3 rings (SSSR count). The number of aromatic nitrogens is 1. The summed E-state index contributed by atoms with van der Waals surface area (Å²) in [5, 5.41) is 1.24. The molecule has 2 nitrogen and oxygen atoms in total. The van der Waals surface area contributed by atoms with Crippen LogP contribution in [0.25, 0.3) is 10.9 Å². The molecular weight excluding hydrogens is 218 g/mol. The number of aldehydes is 1. The second-order valence-electron chi connectivity index (χ2n) is 4.17. The van der Waals surface area contributed by atoms with E-state index in [4.69, 9.17) is 0 Å². The molecule has 1 aromatic heterocycles. The number of rotatable bonds is 1. The average Bonchev–Trinajstić information content (AvgIpc) is 2.64. The topological polar surface area (TPSA) is 22.0 Å². The van der Waals surface area contributed by atoms with Crippen LogP contribution in [0.3, 0.4) is 0 Å². The second kappa shape index (κ2) is 3.67. The van der Waals surface area contributed by atoms with Gasteiger partial charge in [-0.2, -0.15) is 11.8 Å². The number of carbonyl (C=O) groups excluding carboxylic acids is 1. The van der Waals surface area contributed by atoms with E-state index in [0.717, 1.165) is 24.1 Å². The molecule has 1 aromatic carbocycles. The minimum atomic E-state index is 0.770. The molecular formula is C13H13NOS. The Morgan fingerprint density at radius 2 is 2.31 bits per heavy atom. The lowest BCUT2D eigenvalue weighted by atomic mass is 10.1. The Balaban J connectivity index is 2.34. The highest BCUT2D eigenvalue weighted by molar-refractivity contribution is 7.98. The quantitative estimate of drug-likeness (QED) is 0.704. The van der Waals surface area contributed by atoms with Gasteiger partial charge in [0.15, 0.2) is 0 Å². The van der Waals surface area contributed by atoms with Crippen LogP contribution in [0, 0.1) is 6.92 Å². The molecule has 16 heavy (non-hydrogen) atoms. The van der Waals surface area contributed by atoms with Crippen LogP contribution in [0.15, 0.2) is 18.2 Å². The molecule has 2 heterocycles. The summed E-state index contributed by atoms with van der Waals surface area (Å²) < 4.78 is 2.40. The Hall–Kier alpha value is -1.22. The van der Waals surface area contributed by atoms with Gasteiger partial charge >= 0.3 is 0 Å². The van der Waals surface area contributed by atoms with Crippen molar-refractivity contribution in [3.8, 4) is 0 Å². The number of aryl methyl sites for hydroxylation is 2. The number of thioether (sulfide) groups is 1. The maximum atomic E-state index is 10.8. The first kappa shape index (κ1) is 9.97. The second-order valence-corrected chi connectivity index (χ2v) is 5.28. The molecule has 0 spiro atoms. The van der Waals surface area contributed by atoms with E-state index >= 15 is 0 Å². The molecule has 0 N–H and O–H groups in total. The van der Waals surface area contributed by atoms with Gasteiger partial charge in [-0.25, -0.2) is 0 Å². The first-order valence-electron chi connectivity index (χ1n) is 5.46. The Labute approximate surface area is 98.6 Å². The third-order valence-electron chi connectivity index (χ3n) is 3.31. The van der Waals surface area contributed by atoms with Crippen molar-refractivity contribution in [2.45, 2.75) is 19.2 Å². The molecule has 1 aliphatic rings. The lowest BCUT2D eigenvalue weighted by Crippen LogP contribution is -2.10. The maximum absolute atomic E-state index is 10.8. The fraction of sp³-hybridized carbons (Fsp3) is 0.308. The maximum Gasteiger partial charge on any atom is 0.150 e. The van der Waals surface area contributed by atoms with Crippen molar-refractivity contribution in [3.05, 3.63) is 35.0 Å². The van der Waals surface area contributed by atoms with E-state index in [-0.39, 0.29) is 0 Å². The van der Waals surface area contributed by atoms with E-state index in [1.807, 2.05) is 23.9 Å². The van der Waals surface area contributed by atoms with Gasteiger partial charge in [0, 0.05) is 40.2 Å². The molecule has 1 aliphatic heterocycles. The van der Waals surface area contributed by atoms with Gasteiger partial charge in [0.2, 0.25) is 0 Å². The zero-order valence-electron chi connectivity index (χ0n) is 9.19. The minimum absolute atomic E-state index is 0.770. The van der Waals surface area contributed by atoms with Crippen molar-refractivity contribution in [1.29, 1.82) is 0 Å². The molecule has 0 saturated carbocycles. The Morgan fingerprint density at radius 1 is 1.44 bits per heavy atom. The van der Waals surface area contributed by atoms with Crippen molar-refractivity contribution < 1.29 is 4.79 Å². The van der Waals surface area contributed by atoms with E-state index < -0.39 is 0 Å². The molecule has 0 saturated heterocycles. The van der Waals surface area contributed by atoms with Crippen molar-refractivity contribution in [2.75, 3.05) is 5.75 Å². The summed E-state index contributed by atoms with van der Waals surface area (Å²) >= 11 is 1.99. The molecule has 82 valence electrons. The number of hydrogen-bond donors (Lipinski definition) is 0. The SMILES string of the molecule is Cc1c2n(c3ccc(C=O)cc13)CCSC2. The fourth-order valence-electron chi connectivity index (χ4n) is 2.43. The normalized spacial score (nSPS) is 15.1. The van der Waals surface area contributed by atoms with Crippen molar-refractivity contribution in [1.82, 2.24) is 4.57 Å². The minimum Gasteiger partial charge on any atom is -0.343 e. The van der Waals surface area contributed by atoms with Gasteiger partial charge in [0.05, 0.1) is 0 Å². The Kier molecular flexibility index (Phi) is 2.28. The standard InChI is InChI=1S/C13H13NOS/c1-9-11-6-10(7-15)2-3-12(11)14-4-5-16-8-13(9)14/h2-3,6-7H,4-5,8H2,1H3. The highest BCUT2D eigenvalue weighted by atomic mass is 32.2. The molecule has 0 radical (unpaired) electrons. The van der Waals surface area contributed by atoms with Crippen molar-refractivity contribution in [2.24, 2.45) is 0 Å². The molecule has 0 bridgehead atoms. The van der Waals surface area contributed by atoms with Gasteiger partial charge in [-0.3, -0.25) is 4.79 Å². The monoisotopic (exact) mass is 231 g/mol. The summed E-state index contributed by atoms with van der Waals surface area (Å²) in [6.07, 6.45) is 0.921. The first-order valence-corrected chi connectivity index (χ1v) is 6.61. The largest absolute Gasteiger partial charge is 0.343 e. The zero-order valence-corrected chi connectivity index (χ0v) is 10.0. The van der Waals surface area contributed by atoms with Gasteiger partial charge in [0.1, 0.15) is 6.29 Å². The van der Waals surface area contributed by atoms with E-state index in [2.05, 4.69) is 17.6 Å². The fourth-order valence-corrected chi connectivity index (χ4v) is 3.45. The number of benzene rings is 1. The van der Waals surface area contributed by atoms with Crippen LogP contribution in [-0.4, -0.2) is 16.6 Å². The number of nitrogens with zero attached hydrogens (tertiary/aromatic N) is 1. The van der Waals surface area contributed by atoms with Crippen LogP contribution in [-0.2, 0) is 12.3 Å². The first-order chi connectivity index (χ1) is 7.81. The van der Waals surface area contributed by atoms with E-state index in [9.17, 15) is 4.79 Å². The summed E-state index contributed by atoms with van der Waals surface area (Å²) in [6, 6.07) is 5.99. The van der Waals surface area contributed by atoms with Gasteiger partial charge in [-0.1, -0.05) is 0 Å². The van der Waals surface area contributed by atoms with E-state index in [0.29, 0.717) is 0 Å². The summed E-state index contributed by atoms with van der Waals surface area (Å²) in [6.45, 7) is 3.25. The van der Waals surface area contributed by atoms with Gasteiger partial charge in [-0.15, -0.1) is 0 Å². The number of hydrogen-bond acceptors (Lipinski definition) is 2. The Bertz CT molecular complexity index is 571. The third kappa shape index (κ3) is 1.31. The van der Waals surface area contributed by atoms with Crippen LogP contribution < -0.4 is 0 Å². The van der Waals surface area contributed by atoms with Gasteiger partial charge in [0.25, 0.3) is 0 Å². The number of fused-ring (bicyclic) bond motifs is 3. The predicted octanol–water partition coefficient (Wildman–Crippen LogP) is 3.01. The van der Waals surface area contributed by atoms with Gasteiger partial charge in [-0.05, 0) is 30.7 Å². The lowest BCUT2D eigenvalue weighted by molar-refractivity contribution is 0.112. The third-order valence-corrected chi connectivity index (χ3v) is 4.26. The Morgan fingerprint density at radius 3 is 3.12 bits per heavy atom. The van der Waals surface area contributed by atoms with Crippen LogP contribution in [0.2, 0.25) is 0 Å². The number of carbonyl (C=O) groups is 1. The molecule has 3 heteroatoms. The van der Waals surface area contributed by atoms with E-state index in [1.54, 1.807) is 0 Å². The highest BCUT2D eigenvalue weighted by Gasteiger charge is 2.17. The summed E-state index contributed by atoms with van der Waals surface area (Å²) in [7, 11) is 0. The van der Waals surface area contributed by atoms with Crippen molar-refractivity contribution in [3.63, 3.8) is 0 Å². The molecule has 2 aromatic rings. The molecule has 0 unspecified atom stereocenters. The van der Waals surface area contributed by atoms with Crippen LogP contribution in [0.5, 0.6) is 0 Å². The predicted molar refractivity (Wildman–Crippen MR) is 68.2 cm³/mol. The van der Waals surface area contributed by atoms with Crippen LogP contribution >= 0.6 is 11.8 Å². The highest BCUT2D eigenvalue weighted by Crippen LogP contribution is 2.32. The van der Waals surface area contributed by atoms with Crippen LogP contribution in [0.4, 0.5) is 0 Å². The van der Waals surface area contributed by atoms with Gasteiger partial charge < -0.3 is 4.57 Å². The zero-order chi connectivity index (χ0) is 11.1. The van der Waals surface area contributed by atoms with E-state index in [1.165, 1.54) is 27.9 Å². The lowest BCUT2D eigenvalue weighted by Gasteiger charge is -2.16. The molecule has 0 aliphatic carbocycles. The summed E-state index contributed by atoms with van der Waals surface area (Å²) in [5.74, 6) is 2.28. The average molecular weight is 231 g/mol. The van der Waals surface area contributed by atoms with Crippen molar-refractivity contribution >= 4 is 29.0 Å². The van der Waals surface area contributed by atoms with Crippen LogP contribution in [0.1, 0.15) is 21.6 Å². The molecule has 0 amide bonds. The molecule has 0 fully saturated rings. The summed E-state index contributed by atoms with van der Waals surface area (Å²) in [5.41, 5.74) is 4.81.